The van der Waals surface area contributed by atoms with Crippen LogP contribution in [-0.4, -0.2) is 18.2 Å². The standard InChI is InChI=1S/C14H17NOS2/c16-14(12-5-2-8-17-12,13-6-3-9-18-13)11-4-1-7-15-10-11/h2-3,5-6,8-9,11,15-16H,1,4,7,10H2. The van der Waals surface area contributed by atoms with Crippen LogP contribution in [0.15, 0.2) is 35.0 Å². The molecule has 2 nitrogen and oxygen atoms in total. The van der Waals surface area contributed by atoms with E-state index in [0.29, 0.717) is 0 Å². The molecule has 0 bridgehead atoms. The monoisotopic (exact) mass is 279 g/mol. The zero-order valence-corrected chi connectivity index (χ0v) is 11.8. The van der Waals surface area contributed by atoms with Crippen molar-refractivity contribution < 1.29 is 5.11 Å². The molecule has 3 heterocycles. The number of hydrogen-bond acceptors (Lipinski definition) is 4. The van der Waals surface area contributed by atoms with Gasteiger partial charge in [0.1, 0.15) is 5.60 Å². The fourth-order valence-corrected chi connectivity index (χ4v) is 4.62. The van der Waals surface area contributed by atoms with Gasteiger partial charge in [0.05, 0.1) is 0 Å². The highest BCUT2D eigenvalue weighted by molar-refractivity contribution is 7.11. The Morgan fingerprint density at radius 3 is 2.28 bits per heavy atom. The van der Waals surface area contributed by atoms with Crippen LogP contribution in [0.3, 0.4) is 0 Å². The van der Waals surface area contributed by atoms with Crippen LogP contribution in [0.1, 0.15) is 22.6 Å². The molecule has 1 saturated heterocycles. The Hall–Kier alpha value is -0.680. The van der Waals surface area contributed by atoms with Crippen molar-refractivity contribution in [2.24, 2.45) is 5.92 Å². The van der Waals surface area contributed by atoms with Crippen molar-refractivity contribution in [1.29, 1.82) is 0 Å². The Bertz CT molecular complexity index is 438. The van der Waals surface area contributed by atoms with Crippen molar-refractivity contribution in [1.82, 2.24) is 5.32 Å². The van der Waals surface area contributed by atoms with Crippen LogP contribution < -0.4 is 5.32 Å². The summed E-state index contributed by atoms with van der Waals surface area (Å²) in [7, 11) is 0. The van der Waals surface area contributed by atoms with Crippen LogP contribution in [0.25, 0.3) is 0 Å². The van der Waals surface area contributed by atoms with Crippen molar-refractivity contribution in [2.45, 2.75) is 18.4 Å². The van der Waals surface area contributed by atoms with Gasteiger partial charge in [-0.25, -0.2) is 0 Å². The molecule has 1 atom stereocenters. The first-order valence-corrected chi connectivity index (χ1v) is 8.09. The Balaban J connectivity index is 2.02. The summed E-state index contributed by atoms with van der Waals surface area (Å²) >= 11 is 3.30. The van der Waals surface area contributed by atoms with E-state index in [0.717, 1.165) is 35.7 Å². The summed E-state index contributed by atoms with van der Waals surface area (Å²) in [6.45, 7) is 1.97. The molecule has 1 fully saturated rings. The molecule has 3 rings (SSSR count). The third-order valence-corrected chi connectivity index (χ3v) is 5.67. The molecule has 0 amide bonds. The molecule has 0 spiro atoms. The van der Waals surface area contributed by atoms with Crippen LogP contribution in [-0.2, 0) is 5.60 Å². The number of nitrogens with one attached hydrogen (secondary N) is 1. The fourth-order valence-electron chi connectivity index (χ4n) is 2.72. The van der Waals surface area contributed by atoms with E-state index in [-0.39, 0.29) is 5.92 Å². The SMILES string of the molecule is OC(c1cccs1)(c1cccs1)C1CCCNC1. The van der Waals surface area contributed by atoms with Crippen LogP contribution in [0, 0.1) is 5.92 Å². The first kappa shape index (κ1) is 12.4. The lowest BCUT2D eigenvalue weighted by molar-refractivity contribution is 0.0119. The molecule has 0 saturated carbocycles. The van der Waals surface area contributed by atoms with Gasteiger partial charge in [0.25, 0.3) is 0 Å². The largest absolute Gasteiger partial charge is 0.378 e. The highest BCUT2D eigenvalue weighted by atomic mass is 32.1. The zero-order chi connectivity index (χ0) is 12.4. The highest BCUT2D eigenvalue weighted by Crippen LogP contribution is 2.43. The lowest BCUT2D eigenvalue weighted by Crippen LogP contribution is -2.44. The Morgan fingerprint density at radius 2 is 1.83 bits per heavy atom. The predicted molar refractivity (Wildman–Crippen MR) is 77.2 cm³/mol. The summed E-state index contributed by atoms with van der Waals surface area (Å²) in [5.74, 6) is 0.267. The van der Waals surface area contributed by atoms with Crippen LogP contribution in [0.4, 0.5) is 0 Å². The van der Waals surface area contributed by atoms with Crippen molar-refractivity contribution in [3.63, 3.8) is 0 Å². The number of rotatable bonds is 3. The second-order valence-corrected chi connectivity index (χ2v) is 6.66. The Kier molecular flexibility index (Phi) is 3.52. The van der Waals surface area contributed by atoms with E-state index in [1.54, 1.807) is 22.7 Å². The van der Waals surface area contributed by atoms with Crippen LogP contribution >= 0.6 is 22.7 Å². The summed E-state index contributed by atoms with van der Waals surface area (Å²) in [5, 5.41) is 18.8. The van der Waals surface area contributed by atoms with Crippen molar-refractivity contribution >= 4 is 22.7 Å². The van der Waals surface area contributed by atoms with Gasteiger partial charge in [-0.2, -0.15) is 0 Å². The van der Waals surface area contributed by atoms with Gasteiger partial charge in [-0.3, -0.25) is 0 Å². The lowest BCUT2D eigenvalue weighted by Gasteiger charge is -2.37. The molecule has 4 heteroatoms. The van der Waals surface area contributed by atoms with Crippen molar-refractivity contribution in [2.75, 3.05) is 13.1 Å². The smallest absolute Gasteiger partial charge is 0.137 e. The van der Waals surface area contributed by atoms with Gasteiger partial charge in [0.15, 0.2) is 0 Å². The van der Waals surface area contributed by atoms with Crippen LogP contribution in [0.2, 0.25) is 0 Å². The molecular formula is C14H17NOS2. The molecule has 2 aromatic heterocycles. The van der Waals surface area contributed by atoms with E-state index in [9.17, 15) is 5.11 Å². The summed E-state index contributed by atoms with van der Waals surface area (Å²) < 4.78 is 0. The molecule has 1 aliphatic rings. The van der Waals surface area contributed by atoms with Gasteiger partial charge >= 0.3 is 0 Å². The summed E-state index contributed by atoms with van der Waals surface area (Å²) in [6.07, 6.45) is 2.23. The molecule has 96 valence electrons. The topological polar surface area (TPSA) is 32.3 Å². The van der Waals surface area contributed by atoms with E-state index in [1.165, 1.54) is 0 Å². The predicted octanol–water partition coefficient (Wildman–Crippen LogP) is 3.05. The first-order valence-electron chi connectivity index (χ1n) is 6.33. The Morgan fingerprint density at radius 1 is 1.17 bits per heavy atom. The quantitative estimate of drug-likeness (QED) is 0.905. The lowest BCUT2D eigenvalue weighted by atomic mass is 9.80. The summed E-state index contributed by atoms with van der Waals surface area (Å²) in [5.41, 5.74) is -0.810. The van der Waals surface area contributed by atoms with Gasteiger partial charge in [0.2, 0.25) is 0 Å². The average Bonchev–Trinajstić information content (AvgIpc) is 3.12. The first-order chi connectivity index (χ1) is 8.82. The third-order valence-electron chi connectivity index (χ3n) is 3.68. The van der Waals surface area contributed by atoms with Gasteiger partial charge < -0.3 is 10.4 Å². The third kappa shape index (κ3) is 2.03. The minimum atomic E-state index is -0.810. The number of thiophene rings is 2. The molecule has 1 aliphatic heterocycles. The van der Waals surface area contributed by atoms with Gasteiger partial charge in [0, 0.05) is 22.2 Å². The maximum absolute atomic E-state index is 11.3. The van der Waals surface area contributed by atoms with Crippen molar-refractivity contribution in [3.05, 3.63) is 44.8 Å². The average molecular weight is 279 g/mol. The molecular weight excluding hydrogens is 262 g/mol. The molecule has 18 heavy (non-hydrogen) atoms. The molecule has 0 aromatic carbocycles. The van der Waals surface area contributed by atoms with Crippen LogP contribution in [0.5, 0.6) is 0 Å². The van der Waals surface area contributed by atoms with E-state index in [2.05, 4.69) is 17.4 Å². The Labute approximate surface area is 115 Å². The van der Waals surface area contributed by atoms with Gasteiger partial charge in [-0.15, -0.1) is 22.7 Å². The molecule has 2 aromatic rings. The van der Waals surface area contributed by atoms with Crippen molar-refractivity contribution in [3.8, 4) is 0 Å². The zero-order valence-electron chi connectivity index (χ0n) is 10.1. The van der Waals surface area contributed by atoms with E-state index >= 15 is 0 Å². The molecule has 1 unspecified atom stereocenters. The minimum absolute atomic E-state index is 0.267. The highest BCUT2D eigenvalue weighted by Gasteiger charge is 2.42. The number of piperidine rings is 1. The normalized spacial score (nSPS) is 21.1. The van der Waals surface area contributed by atoms with E-state index in [4.69, 9.17) is 0 Å². The molecule has 0 radical (unpaired) electrons. The fraction of sp³-hybridized carbons (Fsp3) is 0.429. The van der Waals surface area contributed by atoms with Gasteiger partial charge in [-0.1, -0.05) is 12.1 Å². The molecule has 2 N–H and O–H groups in total. The summed E-state index contributed by atoms with van der Waals surface area (Å²) in [6, 6.07) is 8.15. The molecule has 0 aliphatic carbocycles. The van der Waals surface area contributed by atoms with E-state index in [1.807, 2.05) is 22.9 Å². The number of aliphatic hydroxyl groups is 1. The second kappa shape index (κ2) is 5.13. The number of hydrogen-bond donors (Lipinski definition) is 2. The maximum Gasteiger partial charge on any atom is 0.137 e. The minimum Gasteiger partial charge on any atom is -0.378 e. The van der Waals surface area contributed by atoms with E-state index < -0.39 is 5.60 Å². The maximum atomic E-state index is 11.3. The summed E-state index contributed by atoms with van der Waals surface area (Å²) in [4.78, 5) is 2.14. The second-order valence-electron chi connectivity index (χ2n) is 4.76. The van der Waals surface area contributed by atoms with Gasteiger partial charge in [-0.05, 0) is 42.3 Å².